The van der Waals surface area contributed by atoms with E-state index in [1.54, 1.807) is 39.3 Å². The standard InChI is InChI=1S/C21H28N2O6S/c1-5-15(2)23-30(25,26)17-11-9-16(10-12-17)29-14-21(24)22-13-18-19(27-3)7-6-8-20(18)28-4/h6-12,15,23H,5,13-14H2,1-4H3,(H,22,24). The lowest BCUT2D eigenvalue weighted by Crippen LogP contribution is -2.32. The summed E-state index contributed by atoms with van der Waals surface area (Å²) in [5.74, 6) is 1.28. The lowest BCUT2D eigenvalue weighted by molar-refractivity contribution is -0.123. The second kappa shape index (κ2) is 10.8. The van der Waals surface area contributed by atoms with Crippen LogP contribution in [-0.4, -0.2) is 41.2 Å². The predicted molar refractivity (Wildman–Crippen MR) is 113 cm³/mol. The highest BCUT2D eigenvalue weighted by molar-refractivity contribution is 7.89. The second-order valence-corrected chi connectivity index (χ2v) is 8.32. The minimum atomic E-state index is -3.58. The molecule has 30 heavy (non-hydrogen) atoms. The van der Waals surface area contributed by atoms with E-state index in [1.165, 1.54) is 24.3 Å². The maximum Gasteiger partial charge on any atom is 0.258 e. The normalized spacial score (nSPS) is 12.1. The Morgan fingerprint density at radius 3 is 2.17 bits per heavy atom. The van der Waals surface area contributed by atoms with Gasteiger partial charge in [0.05, 0.1) is 31.2 Å². The van der Waals surface area contributed by atoms with Crippen LogP contribution in [0.15, 0.2) is 47.4 Å². The van der Waals surface area contributed by atoms with Crippen molar-refractivity contribution in [2.45, 2.75) is 37.8 Å². The zero-order valence-corrected chi connectivity index (χ0v) is 18.4. The van der Waals surface area contributed by atoms with Gasteiger partial charge in [0.25, 0.3) is 5.91 Å². The van der Waals surface area contributed by atoms with Crippen LogP contribution in [-0.2, 0) is 21.4 Å². The first-order valence-corrected chi connectivity index (χ1v) is 11.0. The Kier molecular flexibility index (Phi) is 8.49. The molecular weight excluding hydrogens is 408 g/mol. The number of rotatable bonds is 11. The van der Waals surface area contributed by atoms with E-state index < -0.39 is 10.0 Å². The largest absolute Gasteiger partial charge is 0.496 e. The van der Waals surface area contributed by atoms with E-state index in [0.29, 0.717) is 23.7 Å². The molecule has 0 saturated heterocycles. The number of carbonyl (C=O) groups excluding carboxylic acids is 1. The van der Waals surface area contributed by atoms with Crippen molar-refractivity contribution in [3.63, 3.8) is 0 Å². The van der Waals surface area contributed by atoms with Crippen molar-refractivity contribution in [3.05, 3.63) is 48.0 Å². The summed E-state index contributed by atoms with van der Waals surface area (Å²) in [5.41, 5.74) is 0.721. The summed E-state index contributed by atoms with van der Waals surface area (Å²) in [5, 5.41) is 2.75. The van der Waals surface area contributed by atoms with Crippen LogP contribution in [0.25, 0.3) is 0 Å². The van der Waals surface area contributed by atoms with E-state index in [0.717, 1.165) is 5.56 Å². The SMILES string of the molecule is CCC(C)NS(=O)(=O)c1ccc(OCC(=O)NCc2c(OC)cccc2OC)cc1. The molecule has 1 atom stereocenters. The molecule has 0 bridgehead atoms. The van der Waals surface area contributed by atoms with E-state index in [4.69, 9.17) is 14.2 Å². The number of ether oxygens (including phenoxy) is 3. The third-order valence-electron chi connectivity index (χ3n) is 4.46. The van der Waals surface area contributed by atoms with E-state index in [1.807, 2.05) is 6.92 Å². The van der Waals surface area contributed by atoms with E-state index >= 15 is 0 Å². The zero-order chi connectivity index (χ0) is 22.1. The smallest absolute Gasteiger partial charge is 0.258 e. The number of benzene rings is 2. The van der Waals surface area contributed by atoms with Crippen LogP contribution in [0, 0.1) is 0 Å². The van der Waals surface area contributed by atoms with Crippen LogP contribution in [0.5, 0.6) is 17.2 Å². The Hall–Kier alpha value is -2.78. The number of hydrogen-bond acceptors (Lipinski definition) is 6. The van der Waals surface area contributed by atoms with Gasteiger partial charge in [-0.15, -0.1) is 0 Å². The molecule has 0 aliphatic rings. The van der Waals surface area contributed by atoms with Gasteiger partial charge in [-0.3, -0.25) is 4.79 Å². The number of carbonyl (C=O) groups is 1. The van der Waals surface area contributed by atoms with Crippen LogP contribution in [0.1, 0.15) is 25.8 Å². The van der Waals surface area contributed by atoms with Gasteiger partial charge in [-0.1, -0.05) is 13.0 Å². The Balaban J connectivity index is 1.91. The molecule has 164 valence electrons. The average Bonchev–Trinajstić information content (AvgIpc) is 2.75. The van der Waals surface area contributed by atoms with Gasteiger partial charge >= 0.3 is 0 Å². The second-order valence-electron chi connectivity index (χ2n) is 6.61. The van der Waals surface area contributed by atoms with Crippen LogP contribution in [0.4, 0.5) is 0 Å². The first kappa shape index (κ1) is 23.5. The molecule has 0 fully saturated rings. The summed E-state index contributed by atoms with van der Waals surface area (Å²) in [6.07, 6.45) is 0.691. The highest BCUT2D eigenvalue weighted by Crippen LogP contribution is 2.27. The minimum Gasteiger partial charge on any atom is -0.496 e. The van der Waals surface area contributed by atoms with Crippen LogP contribution >= 0.6 is 0 Å². The van der Waals surface area contributed by atoms with E-state index in [-0.39, 0.29) is 30.0 Å². The molecule has 2 aromatic rings. The molecule has 0 aromatic heterocycles. The third-order valence-corrected chi connectivity index (χ3v) is 6.07. The van der Waals surface area contributed by atoms with Gasteiger partial charge < -0.3 is 19.5 Å². The molecule has 1 unspecified atom stereocenters. The van der Waals surface area contributed by atoms with Gasteiger partial charge in [-0.05, 0) is 49.7 Å². The Labute approximate surface area is 177 Å². The van der Waals surface area contributed by atoms with Crippen LogP contribution in [0.3, 0.4) is 0 Å². The van der Waals surface area contributed by atoms with Crippen molar-refractivity contribution in [3.8, 4) is 17.2 Å². The Bertz CT molecular complexity index is 922. The molecule has 2 rings (SSSR count). The lowest BCUT2D eigenvalue weighted by atomic mass is 10.1. The minimum absolute atomic E-state index is 0.142. The fourth-order valence-electron chi connectivity index (χ4n) is 2.62. The molecule has 0 radical (unpaired) electrons. The molecule has 0 aliphatic heterocycles. The summed E-state index contributed by atoms with van der Waals surface area (Å²) in [6, 6.07) is 11.1. The first-order chi connectivity index (χ1) is 14.3. The lowest BCUT2D eigenvalue weighted by Gasteiger charge is -2.14. The maximum absolute atomic E-state index is 12.3. The van der Waals surface area contributed by atoms with Crippen LogP contribution in [0.2, 0.25) is 0 Å². The fraction of sp³-hybridized carbons (Fsp3) is 0.381. The van der Waals surface area contributed by atoms with Crippen molar-refractivity contribution in [2.24, 2.45) is 0 Å². The van der Waals surface area contributed by atoms with Gasteiger partial charge in [0, 0.05) is 6.04 Å². The molecule has 0 saturated carbocycles. The molecule has 2 aromatic carbocycles. The molecule has 0 aliphatic carbocycles. The molecule has 8 nitrogen and oxygen atoms in total. The van der Waals surface area contributed by atoms with Gasteiger partial charge in [0.15, 0.2) is 6.61 Å². The van der Waals surface area contributed by atoms with Gasteiger partial charge in [-0.2, -0.15) is 0 Å². The maximum atomic E-state index is 12.3. The summed E-state index contributed by atoms with van der Waals surface area (Å²) in [6.45, 7) is 3.70. The van der Waals surface area contributed by atoms with Crippen LogP contribution < -0.4 is 24.2 Å². The molecule has 2 N–H and O–H groups in total. The number of methoxy groups -OCH3 is 2. The summed E-state index contributed by atoms with van der Waals surface area (Å²) < 4.78 is 43.2. The monoisotopic (exact) mass is 436 g/mol. The van der Waals surface area contributed by atoms with Gasteiger partial charge in [0.1, 0.15) is 17.2 Å². The van der Waals surface area contributed by atoms with E-state index in [9.17, 15) is 13.2 Å². The number of nitrogens with one attached hydrogen (secondary N) is 2. The first-order valence-electron chi connectivity index (χ1n) is 9.52. The quantitative estimate of drug-likeness (QED) is 0.561. The molecule has 1 amide bonds. The average molecular weight is 437 g/mol. The fourth-order valence-corrected chi connectivity index (χ4v) is 3.95. The van der Waals surface area contributed by atoms with E-state index in [2.05, 4.69) is 10.0 Å². The van der Waals surface area contributed by atoms with Crippen molar-refractivity contribution in [1.29, 1.82) is 0 Å². The Morgan fingerprint density at radius 1 is 1.03 bits per heavy atom. The number of hydrogen-bond donors (Lipinski definition) is 2. The third kappa shape index (κ3) is 6.36. The van der Waals surface area contributed by atoms with Crippen molar-refractivity contribution in [1.82, 2.24) is 10.0 Å². The summed E-state index contributed by atoms with van der Waals surface area (Å²) in [7, 11) is -0.487. The van der Waals surface area contributed by atoms with Gasteiger partial charge in [0.2, 0.25) is 10.0 Å². The zero-order valence-electron chi connectivity index (χ0n) is 17.6. The van der Waals surface area contributed by atoms with Crippen molar-refractivity contribution in [2.75, 3.05) is 20.8 Å². The summed E-state index contributed by atoms with van der Waals surface area (Å²) in [4.78, 5) is 12.3. The molecular formula is C21H28N2O6S. The van der Waals surface area contributed by atoms with Crippen molar-refractivity contribution < 1.29 is 27.4 Å². The van der Waals surface area contributed by atoms with Gasteiger partial charge in [-0.25, -0.2) is 13.1 Å². The molecule has 9 heteroatoms. The highest BCUT2D eigenvalue weighted by atomic mass is 32.2. The van der Waals surface area contributed by atoms with Crippen molar-refractivity contribution >= 4 is 15.9 Å². The molecule has 0 spiro atoms. The highest BCUT2D eigenvalue weighted by Gasteiger charge is 2.16. The molecule has 0 heterocycles. The predicted octanol–water partition coefficient (Wildman–Crippen LogP) is 2.48. The Morgan fingerprint density at radius 2 is 1.63 bits per heavy atom. The number of sulfonamides is 1. The topological polar surface area (TPSA) is 103 Å². The summed E-state index contributed by atoms with van der Waals surface area (Å²) >= 11 is 0. The number of amides is 1.